The van der Waals surface area contributed by atoms with Crippen LogP contribution in [0, 0.1) is 5.92 Å². The molecule has 5 atom stereocenters. The maximum atomic E-state index is 12.7. The molecule has 0 fully saturated rings. The first-order valence-corrected chi connectivity index (χ1v) is 9.62. The highest BCUT2D eigenvalue weighted by Gasteiger charge is 2.32. The van der Waals surface area contributed by atoms with E-state index in [1.807, 2.05) is 13.8 Å². The molecule has 30 heavy (non-hydrogen) atoms. The molecule has 172 valence electrons. The number of aliphatic hydroxyl groups excluding tert-OH is 1. The van der Waals surface area contributed by atoms with Gasteiger partial charge in [-0.1, -0.05) is 13.8 Å². The number of amides is 4. The minimum atomic E-state index is -1.49. The van der Waals surface area contributed by atoms with Gasteiger partial charge in [-0.25, -0.2) is 4.79 Å². The molecule has 0 bridgehead atoms. The number of hydrogen-bond acceptors (Lipinski definition) is 7. The molecule has 0 aliphatic carbocycles. The zero-order valence-electron chi connectivity index (χ0n) is 17.7. The molecular formula is C18H33N5O7. The smallest absolute Gasteiger partial charge is 0.326 e. The standard InChI is InChI=1S/C18H33N5O7/c1-8(2)7-12(22-15(26)9(3)19)16(27)23-14(10(4)24)17(28)21-11(18(29)30)5-6-13(20)25/h8-12,14,24H,5-7,19H2,1-4H3,(H2,20,25)(H,21,28)(H,22,26)(H,23,27)(H,29,30)/t9-,10+,11-,12-,14-/m0/s1. The number of hydrogen-bond donors (Lipinski definition) is 7. The molecule has 0 aliphatic heterocycles. The Morgan fingerprint density at radius 2 is 1.40 bits per heavy atom. The normalized spacial score (nSPS) is 16.0. The summed E-state index contributed by atoms with van der Waals surface area (Å²) < 4.78 is 0. The third-order valence-corrected chi connectivity index (χ3v) is 4.11. The molecule has 12 nitrogen and oxygen atoms in total. The number of aliphatic carboxylic acids is 1. The number of carboxylic acid groups (broad SMARTS) is 1. The molecule has 0 aliphatic rings. The molecule has 0 aromatic heterocycles. The number of nitrogens with one attached hydrogen (secondary N) is 3. The highest BCUT2D eigenvalue weighted by Crippen LogP contribution is 2.07. The van der Waals surface area contributed by atoms with Gasteiger partial charge in [-0.15, -0.1) is 0 Å². The van der Waals surface area contributed by atoms with Gasteiger partial charge in [0.15, 0.2) is 0 Å². The molecule has 0 aromatic carbocycles. The van der Waals surface area contributed by atoms with Crippen molar-refractivity contribution in [2.24, 2.45) is 17.4 Å². The Hall–Kier alpha value is -2.73. The molecule has 0 aromatic rings. The van der Waals surface area contributed by atoms with Crippen LogP contribution in [0.1, 0.15) is 47.0 Å². The predicted molar refractivity (Wildman–Crippen MR) is 107 cm³/mol. The Bertz CT molecular complexity index is 636. The van der Waals surface area contributed by atoms with Crippen molar-refractivity contribution in [2.75, 3.05) is 0 Å². The third kappa shape index (κ3) is 10.2. The summed E-state index contributed by atoms with van der Waals surface area (Å²) in [6.45, 7) is 6.34. The molecule has 0 unspecified atom stereocenters. The summed E-state index contributed by atoms with van der Waals surface area (Å²) in [7, 11) is 0. The largest absolute Gasteiger partial charge is 0.480 e. The topological polar surface area (TPSA) is 214 Å². The molecule has 0 saturated carbocycles. The number of aliphatic hydroxyl groups is 1. The van der Waals surface area contributed by atoms with E-state index < -0.39 is 59.9 Å². The van der Waals surface area contributed by atoms with E-state index >= 15 is 0 Å². The fourth-order valence-corrected chi connectivity index (χ4v) is 2.47. The quantitative estimate of drug-likeness (QED) is 0.166. The van der Waals surface area contributed by atoms with E-state index in [0.29, 0.717) is 0 Å². The summed E-state index contributed by atoms with van der Waals surface area (Å²) in [6.07, 6.45) is -1.65. The van der Waals surface area contributed by atoms with Gasteiger partial charge in [0.1, 0.15) is 18.1 Å². The SMILES string of the molecule is CC(C)C[C@H](NC(=O)[C@H](C)N)C(=O)N[C@H](C(=O)N[C@@H](CCC(N)=O)C(=O)O)[C@@H](C)O. The maximum absolute atomic E-state index is 12.7. The van der Waals surface area contributed by atoms with Gasteiger partial charge in [0, 0.05) is 6.42 Å². The van der Waals surface area contributed by atoms with Crippen LogP contribution in [-0.2, 0) is 24.0 Å². The lowest BCUT2D eigenvalue weighted by molar-refractivity contribution is -0.143. The number of carboxylic acids is 1. The summed E-state index contributed by atoms with van der Waals surface area (Å²) in [6, 6.07) is -4.80. The fraction of sp³-hybridized carbons (Fsp3) is 0.722. The van der Waals surface area contributed by atoms with Crippen LogP contribution in [0.25, 0.3) is 0 Å². The minimum absolute atomic E-state index is 0.0122. The van der Waals surface area contributed by atoms with Crippen LogP contribution < -0.4 is 27.4 Å². The van der Waals surface area contributed by atoms with Crippen molar-refractivity contribution in [3.8, 4) is 0 Å². The van der Waals surface area contributed by atoms with Crippen molar-refractivity contribution in [3.63, 3.8) is 0 Å². The number of carbonyl (C=O) groups is 5. The molecule has 4 amide bonds. The molecule has 12 heteroatoms. The number of nitrogens with two attached hydrogens (primary N) is 2. The van der Waals surface area contributed by atoms with Crippen molar-refractivity contribution in [1.82, 2.24) is 16.0 Å². The summed E-state index contributed by atoms with van der Waals surface area (Å²) in [5.74, 6) is -4.39. The van der Waals surface area contributed by atoms with Crippen molar-refractivity contribution >= 4 is 29.6 Å². The molecule has 0 radical (unpaired) electrons. The third-order valence-electron chi connectivity index (χ3n) is 4.11. The Morgan fingerprint density at radius 1 is 0.867 bits per heavy atom. The van der Waals surface area contributed by atoms with E-state index in [4.69, 9.17) is 11.5 Å². The van der Waals surface area contributed by atoms with E-state index in [0.717, 1.165) is 0 Å². The van der Waals surface area contributed by atoms with Crippen LogP contribution in [0.4, 0.5) is 0 Å². The predicted octanol–water partition coefficient (Wildman–Crippen LogP) is -2.43. The second-order valence-corrected chi connectivity index (χ2v) is 7.61. The van der Waals surface area contributed by atoms with Crippen LogP contribution in [0.5, 0.6) is 0 Å². The Balaban J connectivity index is 5.34. The van der Waals surface area contributed by atoms with Crippen LogP contribution in [0.2, 0.25) is 0 Å². The van der Waals surface area contributed by atoms with Crippen molar-refractivity contribution in [3.05, 3.63) is 0 Å². The van der Waals surface area contributed by atoms with E-state index in [9.17, 15) is 34.2 Å². The van der Waals surface area contributed by atoms with Crippen molar-refractivity contribution in [1.29, 1.82) is 0 Å². The van der Waals surface area contributed by atoms with Gasteiger partial charge in [-0.05, 0) is 32.6 Å². The van der Waals surface area contributed by atoms with Gasteiger partial charge in [0.25, 0.3) is 0 Å². The summed E-state index contributed by atoms with van der Waals surface area (Å²) in [5, 5.41) is 26.1. The molecular weight excluding hydrogens is 398 g/mol. The van der Waals surface area contributed by atoms with Gasteiger partial charge in [-0.3, -0.25) is 19.2 Å². The second-order valence-electron chi connectivity index (χ2n) is 7.61. The highest BCUT2D eigenvalue weighted by molar-refractivity contribution is 5.94. The monoisotopic (exact) mass is 431 g/mol. The van der Waals surface area contributed by atoms with Gasteiger partial charge in [0.2, 0.25) is 23.6 Å². The Morgan fingerprint density at radius 3 is 1.80 bits per heavy atom. The molecule has 9 N–H and O–H groups in total. The van der Waals surface area contributed by atoms with E-state index in [2.05, 4.69) is 16.0 Å². The van der Waals surface area contributed by atoms with Crippen LogP contribution in [0.15, 0.2) is 0 Å². The van der Waals surface area contributed by atoms with E-state index in [1.54, 1.807) is 0 Å². The average Bonchev–Trinajstić information content (AvgIpc) is 2.60. The van der Waals surface area contributed by atoms with Gasteiger partial charge in [0.05, 0.1) is 12.1 Å². The van der Waals surface area contributed by atoms with Crippen LogP contribution in [-0.4, -0.2) is 70.1 Å². The number of primary amides is 1. The number of carbonyl (C=O) groups excluding carboxylic acids is 4. The summed E-state index contributed by atoms with van der Waals surface area (Å²) >= 11 is 0. The van der Waals surface area contributed by atoms with Gasteiger partial charge >= 0.3 is 5.97 Å². The zero-order valence-corrected chi connectivity index (χ0v) is 17.7. The lowest BCUT2D eigenvalue weighted by atomic mass is 10.0. The molecule has 0 rings (SSSR count). The highest BCUT2D eigenvalue weighted by atomic mass is 16.4. The second kappa shape index (κ2) is 12.8. The molecule has 0 spiro atoms. The summed E-state index contributed by atoms with van der Waals surface area (Å²) in [4.78, 5) is 59.2. The first-order chi connectivity index (χ1) is 13.8. The van der Waals surface area contributed by atoms with E-state index in [1.165, 1.54) is 13.8 Å². The van der Waals surface area contributed by atoms with Crippen LogP contribution >= 0.6 is 0 Å². The van der Waals surface area contributed by atoms with Crippen molar-refractivity contribution in [2.45, 2.75) is 77.2 Å². The zero-order chi connectivity index (χ0) is 23.6. The minimum Gasteiger partial charge on any atom is -0.480 e. The first-order valence-electron chi connectivity index (χ1n) is 9.62. The Kier molecular flexibility index (Phi) is 11.6. The fourth-order valence-electron chi connectivity index (χ4n) is 2.47. The lowest BCUT2D eigenvalue weighted by Gasteiger charge is -2.27. The number of rotatable bonds is 13. The Labute approximate surface area is 175 Å². The van der Waals surface area contributed by atoms with Crippen molar-refractivity contribution < 1.29 is 34.2 Å². The maximum Gasteiger partial charge on any atom is 0.326 e. The molecule has 0 heterocycles. The van der Waals surface area contributed by atoms with Gasteiger partial charge < -0.3 is 37.6 Å². The molecule has 0 saturated heterocycles. The lowest BCUT2D eigenvalue weighted by Crippen LogP contribution is -2.59. The van der Waals surface area contributed by atoms with E-state index in [-0.39, 0.29) is 25.2 Å². The van der Waals surface area contributed by atoms with Gasteiger partial charge in [-0.2, -0.15) is 0 Å². The first kappa shape index (κ1) is 27.3. The summed E-state index contributed by atoms with van der Waals surface area (Å²) in [5.41, 5.74) is 10.5. The van der Waals surface area contributed by atoms with Crippen LogP contribution in [0.3, 0.4) is 0 Å². The average molecular weight is 431 g/mol.